The second-order valence-corrected chi connectivity index (χ2v) is 8.15. The van der Waals surface area contributed by atoms with Crippen molar-refractivity contribution >= 4 is 46.6 Å². The first-order valence-corrected chi connectivity index (χ1v) is 10.6. The first kappa shape index (κ1) is 21.9. The number of carbonyl (C=O) groups is 2. The van der Waals surface area contributed by atoms with Crippen LogP contribution in [0.5, 0.6) is 0 Å². The van der Waals surface area contributed by atoms with Crippen molar-refractivity contribution in [2.24, 2.45) is 7.05 Å². The number of amides is 2. The third-order valence-corrected chi connectivity index (χ3v) is 5.88. The Bertz CT molecular complexity index is 1080. The van der Waals surface area contributed by atoms with Crippen molar-refractivity contribution in [3.05, 3.63) is 64.4 Å². The van der Waals surface area contributed by atoms with Crippen molar-refractivity contribution in [2.75, 3.05) is 16.4 Å². The largest absolute Gasteiger partial charge is 0.325 e. The van der Waals surface area contributed by atoms with Crippen LogP contribution in [0.15, 0.2) is 47.6 Å². The van der Waals surface area contributed by atoms with Gasteiger partial charge in [0.15, 0.2) is 5.16 Å². The lowest BCUT2D eigenvalue weighted by molar-refractivity contribution is -0.116. The summed E-state index contributed by atoms with van der Waals surface area (Å²) in [5.74, 6) is 0.328. The molecule has 30 heavy (non-hydrogen) atoms. The van der Waals surface area contributed by atoms with E-state index in [2.05, 4.69) is 20.8 Å². The first-order chi connectivity index (χ1) is 14.3. The van der Waals surface area contributed by atoms with E-state index in [1.807, 2.05) is 44.2 Å². The highest BCUT2D eigenvalue weighted by Crippen LogP contribution is 2.21. The molecule has 1 aromatic heterocycles. The summed E-state index contributed by atoms with van der Waals surface area (Å²) >= 11 is 7.33. The van der Waals surface area contributed by atoms with Gasteiger partial charge < -0.3 is 15.2 Å². The summed E-state index contributed by atoms with van der Waals surface area (Å²) in [5, 5.41) is 15.0. The number of aromatic nitrogens is 3. The Balaban J connectivity index is 1.54. The fourth-order valence-electron chi connectivity index (χ4n) is 2.67. The van der Waals surface area contributed by atoms with Gasteiger partial charge in [0, 0.05) is 23.4 Å². The molecule has 3 rings (SSSR count). The number of benzene rings is 2. The highest BCUT2D eigenvalue weighted by Gasteiger charge is 2.15. The molecule has 0 aliphatic heterocycles. The molecule has 3 aromatic rings. The fourth-order valence-corrected chi connectivity index (χ4v) is 3.58. The molecule has 0 fully saturated rings. The second-order valence-electron chi connectivity index (χ2n) is 6.80. The Kier molecular flexibility index (Phi) is 7.12. The zero-order chi connectivity index (χ0) is 21.7. The van der Waals surface area contributed by atoms with Crippen LogP contribution in [0.4, 0.5) is 11.4 Å². The van der Waals surface area contributed by atoms with Crippen molar-refractivity contribution in [1.82, 2.24) is 14.8 Å². The van der Waals surface area contributed by atoms with E-state index in [1.165, 1.54) is 11.8 Å². The van der Waals surface area contributed by atoms with Gasteiger partial charge in [0.1, 0.15) is 5.82 Å². The minimum absolute atomic E-state index is 0.0897. The number of carbonyl (C=O) groups excluding carboxylic acids is 2. The summed E-state index contributed by atoms with van der Waals surface area (Å²) in [5.41, 5.74) is 3.35. The van der Waals surface area contributed by atoms with E-state index >= 15 is 0 Å². The number of hydrogen-bond acceptors (Lipinski definition) is 5. The lowest BCUT2D eigenvalue weighted by Crippen LogP contribution is -2.17. The maximum absolute atomic E-state index is 12.3. The molecule has 2 amide bonds. The van der Waals surface area contributed by atoms with Crippen LogP contribution in [-0.4, -0.2) is 32.3 Å². The topological polar surface area (TPSA) is 88.9 Å². The monoisotopic (exact) mass is 443 g/mol. The smallest absolute Gasteiger partial charge is 0.234 e. The van der Waals surface area contributed by atoms with Gasteiger partial charge >= 0.3 is 0 Å². The van der Waals surface area contributed by atoms with Crippen LogP contribution >= 0.6 is 23.4 Å². The molecule has 1 heterocycles. The molecule has 2 aromatic carbocycles. The molecule has 9 heteroatoms. The van der Waals surface area contributed by atoms with Gasteiger partial charge in [-0.2, -0.15) is 0 Å². The van der Waals surface area contributed by atoms with Gasteiger partial charge in [-0.15, -0.1) is 10.2 Å². The van der Waals surface area contributed by atoms with E-state index < -0.39 is 0 Å². The minimum Gasteiger partial charge on any atom is -0.325 e. The molecule has 0 radical (unpaired) electrons. The number of aryl methyl sites for hydroxylation is 2. The molecule has 2 N–H and O–H groups in total. The molecule has 0 bridgehead atoms. The number of hydrogen-bond donors (Lipinski definition) is 2. The van der Waals surface area contributed by atoms with Crippen LogP contribution < -0.4 is 10.6 Å². The van der Waals surface area contributed by atoms with E-state index in [1.54, 1.807) is 23.7 Å². The summed E-state index contributed by atoms with van der Waals surface area (Å²) < 4.78 is 1.72. The molecule has 0 atom stereocenters. The molecule has 0 saturated heterocycles. The molecule has 0 unspecified atom stereocenters. The van der Waals surface area contributed by atoms with Crippen LogP contribution in [0.3, 0.4) is 0 Å². The van der Waals surface area contributed by atoms with Gasteiger partial charge in [0.05, 0.1) is 12.2 Å². The van der Waals surface area contributed by atoms with Gasteiger partial charge in [-0.1, -0.05) is 47.6 Å². The quantitative estimate of drug-likeness (QED) is 0.539. The third-order valence-electron chi connectivity index (χ3n) is 4.45. The van der Waals surface area contributed by atoms with Crippen LogP contribution in [0.1, 0.15) is 17.0 Å². The molecule has 156 valence electrons. The standard InChI is InChI=1S/C21H22ClN5O2S/c1-13-8-9-15(10-16(13)22)23-20(29)12-30-21-26-25-18(27(21)3)11-19(28)24-17-7-5-4-6-14(17)2/h4-10H,11-12H2,1-3H3,(H,23,29)(H,24,28). The van der Waals surface area contributed by atoms with E-state index in [0.717, 1.165) is 16.8 Å². The summed E-state index contributed by atoms with van der Waals surface area (Å²) in [4.78, 5) is 24.6. The summed E-state index contributed by atoms with van der Waals surface area (Å²) in [6.07, 6.45) is 0.0897. The Morgan fingerprint density at radius 2 is 1.80 bits per heavy atom. The molecule has 0 spiro atoms. The van der Waals surface area contributed by atoms with Gasteiger partial charge in [-0.25, -0.2) is 0 Å². The Morgan fingerprint density at radius 1 is 1.03 bits per heavy atom. The second kappa shape index (κ2) is 9.77. The van der Waals surface area contributed by atoms with E-state index in [4.69, 9.17) is 11.6 Å². The van der Waals surface area contributed by atoms with Crippen molar-refractivity contribution < 1.29 is 9.59 Å². The lowest BCUT2D eigenvalue weighted by Gasteiger charge is -2.08. The SMILES string of the molecule is Cc1ccc(NC(=O)CSc2nnc(CC(=O)Nc3ccccc3C)n2C)cc1Cl. The number of rotatable bonds is 7. The van der Waals surface area contributed by atoms with E-state index in [-0.39, 0.29) is 24.0 Å². The van der Waals surface area contributed by atoms with Gasteiger partial charge in [0.25, 0.3) is 0 Å². The molecular weight excluding hydrogens is 422 g/mol. The van der Waals surface area contributed by atoms with Crippen molar-refractivity contribution in [1.29, 1.82) is 0 Å². The molecule has 0 aliphatic carbocycles. The zero-order valence-corrected chi connectivity index (χ0v) is 18.5. The lowest BCUT2D eigenvalue weighted by atomic mass is 10.2. The predicted molar refractivity (Wildman–Crippen MR) is 120 cm³/mol. The van der Waals surface area contributed by atoms with Gasteiger partial charge in [0.2, 0.25) is 11.8 Å². The number of nitrogens with one attached hydrogen (secondary N) is 2. The maximum atomic E-state index is 12.3. The molecule has 7 nitrogen and oxygen atoms in total. The third kappa shape index (κ3) is 5.61. The van der Waals surface area contributed by atoms with Gasteiger partial charge in [-0.05, 0) is 43.2 Å². The fraction of sp³-hybridized carbons (Fsp3) is 0.238. The summed E-state index contributed by atoms with van der Waals surface area (Å²) in [6.45, 7) is 3.83. The van der Waals surface area contributed by atoms with E-state index in [0.29, 0.717) is 21.7 Å². The summed E-state index contributed by atoms with van der Waals surface area (Å²) in [7, 11) is 1.77. The zero-order valence-electron chi connectivity index (χ0n) is 16.9. The highest BCUT2D eigenvalue weighted by molar-refractivity contribution is 7.99. The highest BCUT2D eigenvalue weighted by atomic mass is 35.5. The Labute approximate surface area is 184 Å². The number of para-hydroxylation sites is 1. The number of halogens is 1. The minimum atomic E-state index is -0.179. The Morgan fingerprint density at radius 3 is 2.53 bits per heavy atom. The van der Waals surface area contributed by atoms with Crippen LogP contribution in [-0.2, 0) is 23.1 Å². The van der Waals surface area contributed by atoms with E-state index in [9.17, 15) is 9.59 Å². The maximum Gasteiger partial charge on any atom is 0.234 e. The normalized spacial score (nSPS) is 10.7. The Hall–Kier alpha value is -2.84. The van der Waals surface area contributed by atoms with Gasteiger partial charge in [-0.3, -0.25) is 9.59 Å². The van der Waals surface area contributed by atoms with Crippen molar-refractivity contribution in [3.63, 3.8) is 0 Å². The average Bonchev–Trinajstić information content (AvgIpc) is 3.04. The van der Waals surface area contributed by atoms with Crippen LogP contribution in [0, 0.1) is 13.8 Å². The van der Waals surface area contributed by atoms with Crippen molar-refractivity contribution in [2.45, 2.75) is 25.4 Å². The van der Waals surface area contributed by atoms with Crippen molar-refractivity contribution in [3.8, 4) is 0 Å². The van der Waals surface area contributed by atoms with Crippen LogP contribution in [0.2, 0.25) is 5.02 Å². The number of nitrogens with zero attached hydrogens (tertiary/aromatic N) is 3. The predicted octanol–water partition coefficient (Wildman–Crippen LogP) is 4.00. The number of thioether (sulfide) groups is 1. The molecule has 0 aliphatic rings. The molecular formula is C21H22ClN5O2S. The van der Waals surface area contributed by atoms with Crippen LogP contribution in [0.25, 0.3) is 0 Å². The first-order valence-electron chi connectivity index (χ1n) is 9.26. The average molecular weight is 444 g/mol. The summed E-state index contributed by atoms with van der Waals surface area (Å²) in [6, 6.07) is 12.9. The molecule has 0 saturated carbocycles. The number of anilines is 2.